The predicted molar refractivity (Wildman–Crippen MR) is 48.8 cm³/mol. The van der Waals surface area contributed by atoms with Gasteiger partial charge in [0.1, 0.15) is 0 Å². The molecule has 1 aromatic rings. The Balaban J connectivity index is 2.87. The first kappa shape index (κ1) is 8.61. The van der Waals surface area contributed by atoms with Crippen LogP contribution in [-0.4, -0.2) is 4.98 Å². The molecule has 12 heavy (non-hydrogen) atoms. The molecule has 1 rings (SSSR count). The number of rotatable bonds is 0. The molecule has 0 fully saturated rings. The Kier molecular flexibility index (Phi) is 2.71. The van der Waals surface area contributed by atoms with E-state index < -0.39 is 0 Å². The lowest BCUT2D eigenvalue weighted by Crippen LogP contribution is -2.01. The highest BCUT2D eigenvalue weighted by atomic mass is 16.1. The average molecular weight is 161 g/mol. The van der Waals surface area contributed by atoms with Gasteiger partial charge in [0.2, 0.25) is 5.56 Å². The first-order valence-electron chi connectivity index (χ1n) is 3.89. The van der Waals surface area contributed by atoms with Crippen LogP contribution in [0.15, 0.2) is 23.1 Å². The molecule has 0 saturated heterocycles. The van der Waals surface area contributed by atoms with Gasteiger partial charge in [0, 0.05) is 23.7 Å². The molecular weight excluding hydrogens is 150 g/mol. The van der Waals surface area contributed by atoms with Crippen LogP contribution in [0.4, 0.5) is 0 Å². The largest absolute Gasteiger partial charge is 0.328 e. The fourth-order valence-electron chi connectivity index (χ4n) is 0.716. The van der Waals surface area contributed by atoms with Crippen molar-refractivity contribution in [1.29, 1.82) is 0 Å². The topological polar surface area (TPSA) is 32.9 Å². The summed E-state index contributed by atoms with van der Waals surface area (Å²) < 4.78 is 0. The summed E-state index contributed by atoms with van der Waals surface area (Å²) >= 11 is 0. The van der Waals surface area contributed by atoms with Gasteiger partial charge in [-0.2, -0.15) is 0 Å². The molecule has 0 spiro atoms. The van der Waals surface area contributed by atoms with Gasteiger partial charge in [-0.3, -0.25) is 4.79 Å². The van der Waals surface area contributed by atoms with Crippen LogP contribution in [0.25, 0.3) is 0 Å². The lowest BCUT2D eigenvalue weighted by molar-refractivity contribution is 0.866. The molecule has 0 unspecified atom stereocenters. The van der Waals surface area contributed by atoms with Crippen LogP contribution in [0.1, 0.15) is 19.4 Å². The van der Waals surface area contributed by atoms with Crippen LogP contribution in [0.2, 0.25) is 0 Å². The summed E-state index contributed by atoms with van der Waals surface area (Å²) in [5, 5.41) is 0. The van der Waals surface area contributed by atoms with E-state index in [4.69, 9.17) is 0 Å². The summed E-state index contributed by atoms with van der Waals surface area (Å²) in [7, 11) is 0. The lowest BCUT2D eigenvalue weighted by atomic mass is 10.2. The highest BCUT2D eigenvalue weighted by molar-refractivity contribution is 5.31. The third-order valence-electron chi connectivity index (χ3n) is 1.29. The van der Waals surface area contributed by atoms with E-state index in [0.29, 0.717) is 5.92 Å². The number of aromatic amines is 1. The first-order valence-corrected chi connectivity index (χ1v) is 3.89. The van der Waals surface area contributed by atoms with E-state index in [2.05, 4.69) is 16.8 Å². The van der Waals surface area contributed by atoms with Gasteiger partial charge in [-0.25, -0.2) is 0 Å². The summed E-state index contributed by atoms with van der Waals surface area (Å²) in [6, 6.07) is 3.19. The first-order chi connectivity index (χ1) is 5.68. The Morgan fingerprint density at radius 1 is 1.42 bits per heavy atom. The second-order valence-electron chi connectivity index (χ2n) is 2.87. The summed E-state index contributed by atoms with van der Waals surface area (Å²) in [5.41, 5.74) is 0.758. The van der Waals surface area contributed by atoms with Gasteiger partial charge in [0.05, 0.1) is 0 Å². The summed E-state index contributed by atoms with van der Waals surface area (Å²) in [6.07, 6.45) is 1.62. The van der Waals surface area contributed by atoms with Crippen molar-refractivity contribution in [2.45, 2.75) is 13.8 Å². The lowest BCUT2D eigenvalue weighted by Gasteiger charge is -1.89. The quantitative estimate of drug-likeness (QED) is 0.573. The van der Waals surface area contributed by atoms with Crippen LogP contribution in [-0.2, 0) is 0 Å². The second kappa shape index (κ2) is 3.77. The maximum absolute atomic E-state index is 10.7. The van der Waals surface area contributed by atoms with E-state index >= 15 is 0 Å². The Labute approximate surface area is 71.6 Å². The third kappa shape index (κ3) is 2.63. The molecule has 62 valence electrons. The van der Waals surface area contributed by atoms with Crippen molar-refractivity contribution in [3.05, 3.63) is 34.2 Å². The fourth-order valence-corrected chi connectivity index (χ4v) is 0.716. The molecule has 2 heteroatoms. The van der Waals surface area contributed by atoms with Crippen molar-refractivity contribution in [2.75, 3.05) is 0 Å². The molecule has 0 aliphatic carbocycles. The maximum Gasteiger partial charge on any atom is 0.247 e. The summed E-state index contributed by atoms with van der Waals surface area (Å²) in [5.74, 6) is 6.32. The highest BCUT2D eigenvalue weighted by Crippen LogP contribution is 1.92. The van der Waals surface area contributed by atoms with Crippen molar-refractivity contribution < 1.29 is 0 Å². The smallest absolute Gasteiger partial charge is 0.247 e. The van der Waals surface area contributed by atoms with Crippen molar-refractivity contribution in [1.82, 2.24) is 4.98 Å². The zero-order valence-electron chi connectivity index (χ0n) is 7.22. The van der Waals surface area contributed by atoms with Crippen LogP contribution >= 0.6 is 0 Å². The number of pyridine rings is 1. The molecule has 0 atom stereocenters. The zero-order chi connectivity index (χ0) is 8.97. The van der Waals surface area contributed by atoms with Crippen molar-refractivity contribution in [3.63, 3.8) is 0 Å². The minimum Gasteiger partial charge on any atom is -0.328 e. The Morgan fingerprint density at radius 2 is 2.17 bits per heavy atom. The third-order valence-corrected chi connectivity index (χ3v) is 1.29. The van der Waals surface area contributed by atoms with E-state index in [9.17, 15) is 4.79 Å². The van der Waals surface area contributed by atoms with Gasteiger partial charge in [0.15, 0.2) is 0 Å². The highest BCUT2D eigenvalue weighted by Gasteiger charge is 1.86. The van der Waals surface area contributed by atoms with Gasteiger partial charge < -0.3 is 4.98 Å². The van der Waals surface area contributed by atoms with Crippen LogP contribution in [0.3, 0.4) is 0 Å². The van der Waals surface area contributed by atoms with E-state index in [1.54, 1.807) is 12.3 Å². The normalized spacial score (nSPS) is 9.25. The molecular formula is C10H11NO. The van der Waals surface area contributed by atoms with E-state index in [1.165, 1.54) is 6.07 Å². The van der Waals surface area contributed by atoms with Crippen molar-refractivity contribution in [3.8, 4) is 11.8 Å². The molecule has 1 aromatic heterocycles. The number of H-pyrrole nitrogens is 1. The molecule has 0 aliphatic heterocycles. The number of hydrogen-bond donors (Lipinski definition) is 1. The predicted octanol–water partition coefficient (Wildman–Crippen LogP) is 1.38. The Bertz CT molecular complexity index is 345. The number of nitrogens with one attached hydrogen (secondary N) is 1. The Morgan fingerprint density at radius 3 is 2.67 bits per heavy atom. The summed E-state index contributed by atoms with van der Waals surface area (Å²) in [4.78, 5) is 13.2. The van der Waals surface area contributed by atoms with Gasteiger partial charge in [-0.05, 0) is 6.07 Å². The monoisotopic (exact) mass is 161 g/mol. The van der Waals surface area contributed by atoms with Gasteiger partial charge in [-0.1, -0.05) is 25.7 Å². The summed E-state index contributed by atoms with van der Waals surface area (Å²) in [6.45, 7) is 4.05. The van der Waals surface area contributed by atoms with Crippen molar-refractivity contribution in [2.24, 2.45) is 5.92 Å². The molecule has 0 bridgehead atoms. The van der Waals surface area contributed by atoms with Crippen LogP contribution < -0.4 is 5.56 Å². The van der Waals surface area contributed by atoms with Crippen molar-refractivity contribution >= 4 is 0 Å². The van der Waals surface area contributed by atoms with E-state index in [1.807, 2.05) is 13.8 Å². The van der Waals surface area contributed by atoms with Crippen LogP contribution in [0, 0.1) is 17.8 Å². The van der Waals surface area contributed by atoms with E-state index in [0.717, 1.165) is 5.56 Å². The molecule has 0 amide bonds. The minimum absolute atomic E-state index is 0.0925. The molecule has 1 heterocycles. The van der Waals surface area contributed by atoms with Gasteiger partial charge in [0.25, 0.3) is 0 Å². The zero-order valence-corrected chi connectivity index (χ0v) is 7.22. The average Bonchev–Trinajstić information content (AvgIpc) is 2.03. The Hall–Kier alpha value is -1.49. The molecule has 0 aromatic carbocycles. The molecule has 0 saturated carbocycles. The molecule has 0 radical (unpaired) electrons. The molecule has 1 N–H and O–H groups in total. The van der Waals surface area contributed by atoms with E-state index in [-0.39, 0.29) is 5.56 Å². The van der Waals surface area contributed by atoms with Gasteiger partial charge >= 0.3 is 0 Å². The standard InChI is InChI=1S/C10H11NO/c1-8(2)3-4-9-5-6-10(12)11-7-9/h5-8H,1-2H3,(H,11,12). The maximum atomic E-state index is 10.7. The SMILES string of the molecule is CC(C)C#Cc1ccc(=O)[nH]c1. The fraction of sp³-hybridized carbons (Fsp3) is 0.300. The second-order valence-corrected chi connectivity index (χ2v) is 2.87. The van der Waals surface area contributed by atoms with Crippen LogP contribution in [0.5, 0.6) is 0 Å². The minimum atomic E-state index is -0.0925. The van der Waals surface area contributed by atoms with Gasteiger partial charge in [-0.15, -0.1) is 0 Å². The number of aromatic nitrogens is 1. The number of hydrogen-bond acceptors (Lipinski definition) is 1. The molecule has 2 nitrogen and oxygen atoms in total. The molecule has 0 aliphatic rings.